The molecular weight excluding hydrogens is 1080 g/mol. The lowest BCUT2D eigenvalue weighted by atomic mass is 9.80. The van der Waals surface area contributed by atoms with Gasteiger partial charge in [0.05, 0.1) is 47.1 Å². The first-order valence-electron chi connectivity index (χ1n) is 25.7. The van der Waals surface area contributed by atoms with Gasteiger partial charge in [0.1, 0.15) is 28.4 Å². The first kappa shape index (κ1) is 53.5. The molecule has 2 N–H and O–H groups in total. The molecule has 0 atom stereocenters. The molecule has 0 bridgehead atoms. The molecule has 4 aromatic heterocycles. The molecule has 0 aliphatic rings. The summed E-state index contributed by atoms with van der Waals surface area (Å²) in [5.74, 6) is 0.435. The van der Waals surface area contributed by atoms with Gasteiger partial charge in [0.2, 0.25) is 0 Å². The lowest BCUT2D eigenvalue weighted by molar-refractivity contribution is -0.0500. The Kier molecular flexibility index (Phi) is 13.8. The Morgan fingerprint density at radius 1 is 0.422 bits per heavy atom. The van der Waals surface area contributed by atoms with Crippen molar-refractivity contribution < 1.29 is 54.1 Å². The first-order valence-corrected chi connectivity index (χ1v) is 27.1. The molecule has 13 nitrogen and oxygen atoms in total. The highest BCUT2D eigenvalue weighted by molar-refractivity contribution is 7.88. The normalized spacial score (nSPS) is 11.7. The van der Waals surface area contributed by atoms with Crippen LogP contribution in [0.15, 0.2) is 237 Å². The van der Waals surface area contributed by atoms with E-state index >= 15 is 0 Å². The average molecular weight is 1130 g/mol. The Hall–Kier alpha value is -10.1. The number of hydrogen-bond acceptors (Lipinski definition) is 11. The SMILES string of the molecule is COc1ccc2c(c1)c(=O)oc1cc(-c3ccc4c(c3)c3ccccc3n4-c3ccccc3)ccc12.COc1ccc2c(c1)c(=O)oc1cc(OS(=O)(=O)C(F)(F)F)ccc12.OB(O)c1ccc2c(c1)c1ccccc1n2-c1ccccc1. The number of fused-ring (bicyclic) bond motifs is 12. The highest BCUT2D eigenvalue weighted by atomic mass is 32.2. The van der Waals surface area contributed by atoms with Gasteiger partial charge in [-0.15, -0.1) is 0 Å². The molecule has 410 valence electrons. The van der Waals surface area contributed by atoms with Crippen LogP contribution in [-0.2, 0) is 10.1 Å². The zero-order valence-electron chi connectivity index (χ0n) is 43.9. The maximum atomic E-state index is 12.7. The molecule has 0 unspecified atom stereocenters. The fourth-order valence-corrected chi connectivity index (χ4v) is 10.9. The topological polar surface area (TPSA) is 173 Å². The zero-order chi connectivity index (χ0) is 57.7. The van der Waals surface area contributed by atoms with Crippen molar-refractivity contribution in [3.63, 3.8) is 0 Å². The van der Waals surface area contributed by atoms with Gasteiger partial charge in [-0.05, 0) is 132 Å². The number of nitrogens with zero attached hydrogens (tertiary/aromatic N) is 2. The number of rotatable bonds is 8. The third kappa shape index (κ3) is 9.94. The van der Waals surface area contributed by atoms with E-state index in [1.54, 1.807) is 31.4 Å². The summed E-state index contributed by atoms with van der Waals surface area (Å²) in [6, 6.07) is 68.8. The summed E-state index contributed by atoms with van der Waals surface area (Å²) in [6.45, 7) is 0. The second-order valence-corrected chi connectivity index (χ2v) is 20.8. The van der Waals surface area contributed by atoms with Crippen LogP contribution in [0.3, 0.4) is 0 Å². The molecule has 0 amide bonds. The van der Waals surface area contributed by atoms with E-state index in [1.165, 1.54) is 35.5 Å². The Morgan fingerprint density at radius 3 is 1.36 bits per heavy atom. The number of aromatic nitrogens is 2. The largest absolute Gasteiger partial charge is 0.534 e. The van der Waals surface area contributed by atoms with Crippen molar-refractivity contribution in [2.24, 2.45) is 0 Å². The summed E-state index contributed by atoms with van der Waals surface area (Å²) in [5, 5.41) is 26.7. The van der Waals surface area contributed by atoms with Crippen LogP contribution in [-0.4, -0.2) is 54.4 Å². The average Bonchev–Trinajstić information content (AvgIpc) is 3.70. The highest BCUT2D eigenvalue weighted by Gasteiger charge is 2.48. The minimum absolute atomic E-state index is 0.113. The van der Waals surface area contributed by atoms with Crippen molar-refractivity contribution in [2.75, 3.05) is 14.2 Å². The second-order valence-electron chi connectivity index (χ2n) is 19.2. The molecule has 0 saturated carbocycles. The van der Waals surface area contributed by atoms with Crippen LogP contribution in [0, 0.1) is 0 Å². The zero-order valence-corrected chi connectivity index (χ0v) is 44.7. The van der Waals surface area contributed by atoms with E-state index in [2.05, 4.69) is 110 Å². The second kappa shape index (κ2) is 21.4. The maximum absolute atomic E-state index is 12.7. The van der Waals surface area contributed by atoms with Crippen molar-refractivity contribution in [1.29, 1.82) is 0 Å². The number of para-hydroxylation sites is 4. The number of halogens is 3. The number of ether oxygens (including phenoxy) is 2. The van der Waals surface area contributed by atoms with Crippen molar-refractivity contribution in [3.8, 4) is 39.8 Å². The minimum Gasteiger partial charge on any atom is -0.497 e. The van der Waals surface area contributed by atoms with Crippen LogP contribution < -0.4 is 30.4 Å². The van der Waals surface area contributed by atoms with E-state index < -0.39 is 34.1 Å². The van der Waals surface area contributed by atoms with E-state index in [4.69, 9.17) is 18.3 Å². The van der Waals surface area contributed by atoms with E-state index in [0.29, 0.717) is 38.7 Å². The van der Waals surface area contributed by atoms with Gasteiger partial charge >= 0.3 is 34.0 Å². The molecule has 83 heavy (non-hydrogen) atoms. The van der Waals surface area contributed by atoms with Crippen LogP contribution in [0.4, 0.5) is 13.2 Å². The summed E-state index contributed by atoms with van der Waals surface area (Å²) in [7, 11) is -4.26. The van der Waals surface area contributed by atoms with Crippen molar-refractivity contribution in [2.45, 2.75) is 5.51 Å². The number of hydrogen-bond donors (Lipinski definition) is 2. The van der Waals surface area contributed by atoms with Gasteiger partial charge in [0, 0.05) is 60.5 Å². The minimum atomic E-state index is -5.82. The molecule has 0 fully saturated rings. The monoisotopic (exact) mass is 1130 g/mol. The smallest absolute Gasteiger partial charge is 0.497 e. The Balaban J connectivity index is 0.000000128. The lowest BCUT2D eigenvalue weighted by Gasteiger charge is -2.10. The summed E-state index contributed by atoms with van der Waals surface area (Å²) in [5.41, 5.74) is 3.04. The Labute approximate surface area is 469 Å². The summed E-state index contributed by atoms with van der Waals surface area (Å²) in [6.07, 6.45) is 0. The molecule has 0 spiro atoms. The predicted molar refractivity (Wildman–Crippen MR) is 319 cm³/mol. The molecule has 14 rings (SSSR count). The maximum Gasteiger partial charge on any atom is 0.534 e. The van der Waals surface area contributed by atoms with E-state index in [-0.39, 0.29) is 16.6 Å². The number of methoxy groups -OCH3 is 2. The third-order valence-corrected chi connectivity index (χ3v) is 15.3. The van der Waals surface area contributed by atoms with E-state index in [1.807, 2.05) is 72.8 Å². The first-order chi connectivity index (χ1) is 40.1. The summed E-state index contributed by atoms with van der Waals surface area (Å²) in [4.78, 5) is 24.8. The summed E-state index contributed by atoms with van der Waals surface area (Å²) >= 11 is 0. The van der Waals surface area contributed by atoms with Crippen LogP contribution in [0.2, 0.25) is 0 Å². The Morgan fingerprint density at radius 2 is 0.843 bits per heavy atom. The Bertz CT molecular complexity index is 5080. The molecule has 0 radical (unpaired) electrons. The molecule has 14 aromatic rings. The van der Waals surface area contributed by atoms with Crippen LogP contribution in [0.25, 0.3) is 110 Å². The molecule has 0 saturated heterocycles. The lowest BCUT2D eigenvalue weighted by Crippen LogP contribution is -2.29. The van der Waals surface area contributed by atoms with Gasteiger partial charge in [-0.1, -0.05) is 97.1 Å². The van der Waals surface area contributed by atoms with Gasteiger partial charge in [0.25, 0.3) is 0 Å². The molecule has 0 aliphatic heterocycles. The quantitative estimate of drug-likeness (QED) is 0.0487. The predicted octanol–water partition coefficient (Wildman–Crippen LogP) is 13.4. The fourth-order valence-electron chi connectivity index (χ4n) is 10.5. The van der Waals surface area contributed by atoms with Crippen LogP contribution >= 0.6 is 0 Å². The van der Waals surface area contributed by atoms with Crippen molar-refractivity contribution in [3.05, 3.63) is 239 Å². The highest BCUT2D eigenvalue weighted by Crippen LogP contribution is 2.38. The fraction of sp³-hybridized carbons (Fsp3) is 0.0462. The van der Waals surface area contributed by atoms with Crippen LogP contribution in [0.5, 0.6) is 17.2 Å². The molecular formula is C65H44BF3N2O11S. The molecule has 10 aromatic carbocycles. The van der Waals surface area contributed by atoms with E-state index in [9.17, 15) is 41.2 Å². The number of benzene rings is 10. The van der Waals surface area contributed by atoms with Crippen molar-refractivity contribution >= 4 is 110 Å². The van der Waals surface area contributed by atoms with Gasteiger partial charge in [-0.25, -0.2) is 9.59 Å². The number of alkyl halides is 3. The molecule has 18 heteroatoms. The van der Waals surface area contributed by atoms with Crippen LogP contribution in [0.1, 0.15) is 0 Å². The molecule has 4 heterocycles. The summed E-state index contributed by atoms with van der Waals surface area (Å²) < 4.78 is 88.9. The van der Waals surface area contributed by atoms with Gasteiger partial charge < -0.3 is 41.7 Å². The van der Waals surface area contributed by atoms with Gasteiger partial charge in [0.15, 0.2) is 0 Å². The third-order valence-electron chi connectivity index (χ3n) is 14.3. The van der Waals surface area contributed by atoms with Gasteiger partial charge in [-0.3, -0.25) is 0 Å². The van der Waals surface area contributed by atoms with Gasteiger partial charge in [-0.2, -0.15) is 21.6 Å². The van der Waals surface area contributed by atoms with E-state index in [0.717, 1.165) is 72.7 Å². The van der Waals surface area contributed by atoms with Crippen molar-refractivity contribution in [1.82, 2.24) is 9.13 Å². The standard InChI is InChI=1S/C32H21NO3.C18H14BNO2.C15H9F3O6S/c1-35-23-13-15-24-26-14-11-21(18-31(26)36-32(34)28(24)19-23)20-12-16-30-27(17-20)25-9-5-6-10-29(25)33(30)22-7-3-2-4-8-22;21-19(22)13-10-11-18-16(12-13)15-8-4-5-9-17(15)20(18)14-6-2-1-3-7-14;1-22-8-2-4-10-11-5-3-9(24-25(20,21)15(16,17)18)7-13(11)23-14(19)12(10)6-8/h2-19H,1H3;1-12,21-22H;2-7H,1H3. The molecule has 0 aliphatic carbocycles.